The van der Waals surface area contributed by atoms with E-state index in [0.29, 0.717) is 0 Å². The van der Waals surface area contributed by atoms with Gasteiger partial charge in [0.05, 0.1) is 11.3 Å². The molecule has 2 aromatic heterocycles. The second-order valence-electron chi connectivity index (χ2n) is 6.93. The molecular formula is C18H22N4OS2. The Morgan fingerprint density at radius 1 is 1.40 bits per heavy atom. The van der Waals surface area contributed by atoms with Gasteiger partial charge in [-0.05, 0) is 44.6 Å². The van der Waals surface area contributed by atoms with E-state index in [1.54, 1.807) is 24.6 Å². The summed E-state index contributed by atoms with van der Waals surface area (Å²) in [5, 5.41) is 14.0. The average molecular weight is 375 g/mol. The molecule has 2 heterocycles. The summed E-state index contributed by atoms with van der Waals surface area (Å²) >= 11 is 3.19. The molecule has 2 aromatic rings. The number of rotatable bonds is 5. The van der Waals surface area contributed by atoms with Crippen molar-refractivity contribution in [2.45, 2.75) is 62.8 Å². The molecule has 0 aromatic carbocycles. The Balaban J connectivity index is 1.82. The third-order valence-electron chi connectivity index (χ3n) is 4.89. The van der Waals surface area contributed by atoms with Crippen LogP contribution in [0.2, 0.25) is 0 Å². The minimum Gasteiger partial charge on any atom is -0.337 e. The van der Waals surface area contributed by atoms with Crippen LogP contribution in [0.3, 0.4) is 0 Å². The predicted octanol–water partition coefficient (Wildman–Crippen LogP) is 3.72. The van der Waals surface area contributed by atoms with Crippen LogP contribution < -0.4 is 5.32 Å². The largest absolute Gasteiger partial charge is 0.337 e. The lowest BCUT2D eigenvalue weighted by atomic mass is 9.90. The van der Waals surface area contributed by atoms with Crippen LogP contribution >= 0.6 is 23.1 Å². The number of nitriles is 1. The number of aryl methyl sites for hydroxylation is 2. The Morgan fingerprint density at radius 2 is 2.16 bits per heavy atom. The van der Waals surface area contributed by atoms with E-state index in [-0.39, 0.29) is 17.1 Å². The highest BCUT2D eigenvalue weighted by atomic mass is 32.2. The van der Waals surface area contributed by atoms with Crippen molar-refractivity contribution in [3.63, 3.8) is 0 Å². The third-order valence-corrected chi connectivity index (χ3v) is 7.19. The van der Waals surface area contributed by atoms with E-state index in [0.717, 1.165) is 28.1 Å². The fraction of sp³-hybridized carbons (Fsp3) is 0.556. The molecule has 1 amide bonds. The summed E-state index contributed by atoms with van der Waals surface area (Å²) in [5.74, 6) is -0.106. The molecule has 0 saturated heterocycles. The van der Waals surface area contributed by atoms with Gasteiger partial charge in [0, 0.05) is 10.3 Å². The maximum Gasteiger partial charge on any atom is 0.234 e. The van der Waals surface area contributed by atoms with Crippen molar-refractivity contribution >= 4 is 39.2 Å². The van der Waals surface area contributed by atoms with Crippen LogP contribution in [0.5, 0.6) is 0 Å². The normalized spacial score (nSPS) is 17.1. The summed E-state index contributed by atoms with van der Waals surface area (Å²) in [7, 11) is 0. The minimum atomic E-state index is -0.865. The monoisotopic (exact) mass is 374 g/mol. The lowest BCUT2D eigenvalue weighted by Gasteiger charge is -2.28. The maximum atomic E-state index is 12.6. The second-order valence-corrected chi connectivity index (χ2v) is 9.35. The number of hydrogen-bond acceptors (Lipinski definition) is 6. The highest BCUT2D eigenvalue weighted by molar-refractivity contribution is 8.00. The van der Waals surface area contributed by atoms with Gasteiger partial charge in [-0.2, -0.15) is 5.26 Å². The summed E-state index contributed by atoms with van der Waals surface area (Å²) in [6, 6.07) is 2.22. The molecule has 0 unspecified atom stereocenters. The molecule has 25 heavy (non-hydrogen) atoms. The van der Waals surface area contributed by atoms with E-state index in [4.69, 9.17) is 0 Å². The zero-order valence-corrected chi connectivity index (χ0v) is 16.6. The van der Waals surface area contributed by atoms with Gasteiger partial charge in [0.15, 0.2) is 0 Å². The minimum absolute atomic E-state index is 0.0320. The molecule has 0 radical (unpaired) electrons. The first-order valence-corrected chi connectivity index (χ1v) is 10.2. The first-order valence-electron chi connectivity index (χ1n) is 8.51. The van der Waals surface area contributed by atoms with Gasteiger partial charge in [-0.15, -0.1) is 11.3 Å². The number of fused-ring (bicyclic) bond motifs is 3. The van der Waals surface area contributed by atoms with Crippen molar-refractivity contribution in [3.8, 4) is 6.07 Å². The SMILES string of the molecule is CC(C)[C@](C)(C#N)NC(=O)[C@H](C)Sc1ncnc2sc3c(c12)CCC3. The van der Waals surface area contributed by atoms with Crippen LogP contribution in [0.1, 0.15) is 44.6 Å². The highest BCUT2D eigenvalue weighted by Crippen LogP contribution is 2.40. The number of nitrogens with one attached hydrogen (secondary N) is 1. The first kappa shape index (κ1) is 18.2. The zero-order valence-electron chi connectivity index (χ0n) is 14.9. The molecule has 1 aliphatic carbocycles. The lowest BCUT2D eigenvalue weighted by Crippen LogP contribution is -2.51. The molecule has 0 fully saturated rings. The Morgan fingerprint density at radius 3 is 2.84 bits per heavy atom. The molecule has 3 rings (SSSR count). The topological polar surface area (TPSA) is 78.7 Å². The summed E-state index contributed by atoms with van der Waals surface area (Å²) in [5.41, 5.74) is 0.496. The Kier molecular flexibility index (Phi) is 5.03. The average Bonchev–Trinajstić information content (AvgIpc) is 3.15. The highest BCUT2D eigenvalue weighted by Gasteiger charge is 2.32. The molecule has 5 nitrogen and oxygen atoms in total. The molecule has 0 bridgehead atoms. The Hall–Kier alpha value is -1.65. The number of nitrogens with zero attached hydrogens (tertiary/aromatic N) is 3. The van der Waals surface area contributed by atoms with Gasteiger partial charge in [0.1, 0.15) is 21.7 Å². The van der Waals surface area contributed by atoms with E-state index in [2.05, 4.69) is 21.4 Å². The van der Waals surface area contributed by atoms with Crippen molar-refractivity contribution in [2.24, 2.45) is 5.92 Å². The lowest BCUT2D eigenvalue weighted by molar-refractivity contribution is -0.121. The number of aromatic nitrogens is 2. The van der Waals surface area contributed by atoms with Gasteiger partial charge in [-0.1, -0.05) is 25.6 Å². The van der Waals surface area contributed by atoms with Gasteiger partial charge < -0.3 is 5.32 Å². The number of hydrogen-bond donors (Lipinski definition) is 1. The summed E-state index contributed by atoms with van der Waals surface area (Å²) in [6.07, 6.45) is 4.94. The molecule has 132 valence electrons. The van der Waals surface area contributed by atoms with Crippen LogP contribution in [0.15, 0.2) is 11.4 Å². The summed E-state index contributed by atoms with van der Waals surface area (Å²) < 4.78 is 0. The zero-order chi connectivity index (χ0) is 18.2. The van der Waals surface area contributed by atoms with E-state index in [9.17, 15) is 10.1 Å². The molecule has 1 N–H and O–H groups in total. The van der Waals surface area contributed by atoms with Crippen LogP contribution in [-0.4, -0.2) is 26.7 Å². The first-order chi connectivity index (χ1) is 11.9. The van der Waals surface area contributed by atoms with E-state index >= 15 is 0 Å². The van der Waals surface area contributed by atoms with Gasteiger partial charge in [0.2, 0.25) is 5.91 Å². The van der Waals surface area contributed by atoms with Crippen LogP contribution in [0, 0.1) is 17.2 Å². The van der Waals surface area contributed by atoms with Crippen LogP contribution in [0.25, 0.3) is 10.2 Å². The summed E-state index contributed by atoms with van der Waals surface area (Å²) in [4.78, 5) is 23.9. The van der Waals surface area contributed by atoms with Crippen molar-refractivity contribution in [3.05, 3.63) is 16.8 Å². The number of thiophene rings is 1. The van der Waals surface area contributed by atoms with Crippen LogP contribution in [-0.2, 0) is 17.6 Å². The van der Waals surface area contributed by atoms with E-state index in [1.165, 1.54) is 28.6 Å². The maximum absolute atomic E-state index is 12.6. The van der Waals surface area contributed by atoms with E-state index in [1.807, 2.05) is 20.8 Å². The smallest absolute Gasteiger partial charge is 0.234 e. The van der Waals surface area contributed by atoms with E-state index < -0.39 is 5.54 Å². The van der Waals surface area contributed by atoms with Crippen molar-refractivity contribution < 1.29 is 4.79 Å². The fourth-order valence-electron chi connectivity index (χ4n) is 2.87. The summed E-state index contributed by atoms with van der Waals surface area (Å²) in [6.45, 7) is 7.49. The predicted molar refractivity (Wildman–Crippen MR) is 102 cm³/mol. The quantitative estimate of drug-likeness (QED) is 0.637. The third kappa shape index (κ3) is 3.38. The Bertz CT molecular complexity index is 855. The van der Waals surface area contributed by atoms with Gasteiger partial charge in [-0.25, -0.2) is 9.97 Å². The van der Waals surface area contributed by atoms with Gasteiger partial charge in [0.25, 0.3) is 0 Å². The number of carbonyl (C=O) groups excluding carboxylic acids is 1. The van der Waals surface area contributed by atoms with Crippen molar-refractivity contribution in [2.75, 3.05) is 0 Å². The molecule has 1 aliphatic rings. The van der Waals surface area contributed by atoms with Crippen molar-refractivity contribution in [1.29, 1.82) is 5.26 Å². The molecule has 0 spiro atoms. The molecular weight excluding hydrogens is 352 g/mol. The fourth-order valence-corrected chi connectivity index (χ4v) is 5.11. The second kappa shape index (κ2) is 6.93. The Labute approximate surface area is 156 Å². The number of carbonyl (C=O) groups is 1. The number of amides is 1. The molecule has 0 aliphatic heterocycles. The molecule has 2 atom stereocenters. The molecule has 7 heteroatoms. The van der Waals surface area contributed by atoms with Gasteiger partial charge in [-0.3, -0.25) is 4.79 Å². The standard InChI is InChI=1S/C18H22N4OS2/c1-10(2)18(4,8-19)22-15(23)11(3)24-16-14-12-6-5-7-13(12)25-17(14)21-9-20-16/h9-11H,5-7H2,1-4H3,(H,22,23)/t11-,18-/m0/s1. The van der Waals surface area contributed by atoms with Crippen LogP contribution in [0.4, 0.5) is 0 Å². The van der Waals surface area contributed by atoms with Gasteiger partial charge >= 0.3 is 0 Å². The van der Waals surface area contributed by atoms with Crippen molar-refractivity contribution in [1.82, 2.24) is 15.3 Å². The molecule has 0 saturated carbocycles. The number of thioether (sulfide) groups is 1.